The molecule has 0 saturated carbocycles. The van der Waals surface area contributed by atoms with Gasteiger partial charge in [0.05, 0.1) is 6.10 Å². The van der Waals surface area contributed by atoms with E-state index in [4.69, 9.17) is 9.47 Å². The van der Waals surface area contributed by atoms with Crippen molar-refractivity contribution >= 4 is 0 Å². The summed E-state index contributed by atoms with van der Waals surface area (Å²) in [5.41, 5.74) is 2.21. The lowest BCUT2D eigenvalue weighted by atomic mass is 10.1. The Morgan fingerprint density at radius 2 is 2.12 bits per heavy atom. The summed E-state index contributed by atoms with van der Waals surface area (Å²) < 4.78 is 10.6. The first kappa shape index (κ1) is 11.6. The number of methoxy groups -OCH3 is 1. The van der Waals surface area contributed by atoms with Crippen LogP contribution in [0.5, 0.6) is 0 Å². The quantitative estimate of drug-likeness (QED) is 0.771. The van der Waals surface area contributed by atoms with Crippen molar-refractivity contribution in [2.45, 2.75) is 25.0 Å². The molecule has 2 unspecified atom stereocenters. The molecule has 88 valence electrons. The predicted octanol–water partition coefficient (Wildman–Crippen LogP) is 1.70. The summed E-state index contributed by atoms with van der Waals surface area (Å²) in [5, 5.41) is 10.0. The Kier molecular flexibility index (Phi) is 3.93. The number of hydrogen-bond acceptors (Lipinski definition) is 3. The van der Waals surface area contributed by atoms with Gasteiger partial charge in [-0.25, -0.2) is 0 Å². The van der Waals surface area contributed by atoms with Gasteiger partial charge in [0, 0.05) is 26.7 Å². The molecular weight excluding hydrogens is 204 g/mol. The van der Waals surface area contributed by atoms with Crippen LogP contribution in [-0.4, -0.2) is 31.5 Å². The van der Waals surface area contributed by atoms with Crippen molar-refractivity contribution < 1.29 is 14.6 Å². The highest BCUT2D eigenvalue weighted by Crippen LogP contribution is 2.32. The number of aliphatic hydroxyl groups is 1. The minimum absolute atomic E-state index is 0.0887. The van der Waals surface area contributed by atoms with Crippen molar-refractivity contribution in [1.82, 2.24) is 0 Å². The van der Waals surface area contributed by atoms with Crippen molar-refractivity contribution in [3.05, 3.63) is 35.4 Å². The van der Waals surface area contributed by atoms with Gasteiger partial charge in [0.25, 0.3) is 0 Å². The molecule has 0 radical (unpaired) electrons. The van der Waals surface area contributed by atoms with Crippen molar-refractivity contribution in [2.75, 3.05) is 20.3 Å². The van der Waals surface area contributed by atoms with Crippen molar-refractivity contribution in [3.8, 4) is 0 Å². The highest BCUT2D eigenvalue weighted by Gasteiger charge is 2.30. The second-order valence-electron chi connectivity index (χ2n) is 4.10. The van der Waals surface area contributed by atoms with Crippen molar-refractivity contribution in [2.24, 2.45) is 0 Å². The van der Waals surface area contributed by atoms with Gasteiger partial charge in [-0.1, -0.05) is 24.3 Å². The molecule has 1 N–H and O–H groups in total. The fraction of sp³-hybridized carbons (Fsp3) is 0.538. The van der Waals surface area contributed by atoms with E-state index < -0.39 is 6.10 Å². The minimum atomic E-state index is -0.473. The number of hydrogen-bond donors (Lipinski definition) is 1. The fourth-order valence-electron chi connectivity index (χ4n) is 2.13. The normalized spacial score (nSPS) is 23.4. The van der Waals surface area contributed by atoms with E-state index in [1.54, 1.807) is 7.11 Å². The van der Waals surface area contributed by atoms with Gasteiger partial charge < -0.3 is 14.6 Å². The van der Waals surface area contributed by atoms with Crippen molar-refractivity contribution in [1.29, 1.82) is 0 Å². The molecule has 0 aliphatic heterocycles. The molecule has 0 heterocycles. The SMILES string of the molecule is COCCCOC1Cc2ccccc2C1O. The molecule has 0 aromatic heterocycles. The summed E-state index contributed by atoms with van der Waals surface area (Å²) in [7, 11) is 1.68. The minimum Gasteiger partial charge on any atom is -0.386 e. The van der Waals surface area contributed by atoms with Gasteiger partial charge >= 0.3 is 0 Å². The van der Waals surface area contributed by atoms with Crippen LogP contribution in [0.2, 0.25) is 0 Å². The first-order valence-electron chi connectivity index (χ1n) is 5.69. The van der Waals surface area contributed by atoms with Gasteiger partial charge in [-0.15, -0.1) is 0 Å². The number of rotatable bonds is 5. The van der Waals surface area contributed by atoms with Gasteiger partial charge in [-0.05, 0) is 17.5 Å². The second-order valence-corrected chi connectivity index (χ2v) is 4.10. The summed E-state index contributed by atoms with van der Waals surface area (Å²) in [6.07, 6.45) is 1.12. The summed E-state index contributed by atoms with van der Waals surface area (Å²) >= 11 is 0. The van der Waals surface area contributed by atoms with E-state index in [2.05, 4.69) is 6.07 Å². The van der Waals surface area contributed by atoms with Crippen LogP contribution >= 0.6 is 0 Å². The van der Waals surface area contributed by atoms with Crippen LogP contribution in [0, 0.1) is 0 Å². The number of ether oxygens (including phenoxy) is 2. The molecule has 0 spiro atoms. The third kappa shape index (κ3) is 2.43. The molecule has 0 bridgehead atoms. The molecule has 1 aromatic rings. The number of aliphatic hydroxyl groups excluding tert-OH is 1. The Balaban J connectivity index is 1.87. The zero-order valence-electron chi connectivity index (χ0n) is 9.56. The van der Waals surface area contributed by atoms with Gasteiger partial charge in [0.1, 0.15) is 6.10 Å². The Hall–Kier alpha value is -0.900. The second kappa shape index (κ2) is 5.43. The predicted molar refractivity (Wildman–Crippen MR) is 61.3 cm³/mol. The number of fused-ring (bicyclic) bond motifs is 1. The molecule has 1 aliphatic rings. The molecule has 2 atom stereocenters. The number of benzene rings is 1. The van der Waals surface area contributed by atoms with Crippen LogP contribution < -0.4 is 0 Å². The van der Waals surface area contributed by atoms with E-state index in [9.17, 15) is 5.11 Å². The Bertz CT molecular complexity index is 338. The Labute approximate surface area is 96.0 Å². The van der Waals surface area contributed by atoms with Gasteiger partial charge in [-0.2, -0.15) is 0 Å². The fourth-order valence-corrected chi connectivity index (χ4v) is 2.13. The van der Waals surface area contributed by atoms with E-state index in [1.807, 2.05) is 18.2 Å². The summed E-state index contributed by atoms with van der Waals surface area (Å²) in [6, 6.07) is 7.98. The van der Waals surface area contributed by atoms with Crippen LogP contribution in [0.3, 0.4) is 0 Å². The van der Waals surface area contributed by atoms with E-state index in [0.717, 1.165) is 18.4 Å². The standard InChI is InChI=1S/C13H18O3/c1-15-7-4-8-16-12-9-10-5-2-3-6-11(10)13(12)14/h2-3,5-6,12-14H,4,7-9H2,1H3. The van der Waals surface area contributed by atoms with Crippen LogP contribution in [0.25, 0.3) is 0 Å². The maximum atomic E-state index is 10.0. The lowest BCUT2D eigenvalue weighted by Gasteiger charge is -2.15. The molecule has 0 fully saturated rings. The molecule has 3 heteroatoms. The molecule has 0 amide bonds. The highest BCUT2D eigenvalue weighted by atomic mass is 16.5. The van der Waals surface area contributed by atoms with Gasteiger partial charge in [0.2, 0.25) is 0 Å². The first-order chi connectivity index (χ1) is 7.83. The molecule has 1 aromatic carbocycles. The summed E-state index contributed by atoms with van der Waals surface area (Å²) in [4.78, 5) is 0. The maximum absolute atomic E-state index is 10.0. The third-order valence-corrected chi connectivity index (χ3v) is 2.97. The van der Waals surface area contributed by atoms with E-state index in [-0.39, 0.29) is 6.10 Å². The summed E-state index contributed by atoms with van der Waals surface area (Å²) in [5.74, 6) is 0. The molecule has 3 nitrogen and oxygen atoms in total. The van der Waals surface area contributed by atoms with E-state index >= 15 is 0 Å². The highest BCUT2D eigenvalue weighted by molar-refractivity contribution is 5.35. The third-order valence-electron chi connectivity index (χ3n) is 2.97. The molecular formula is C13H18O3. The summed E-state index contributed by atoms with van der Waals surface area (Å²) in [6.45, 7) is 1.35. The molecule has 2 rings (SSSR count). The van der Waals surface area contributed by atoms with E-state index in [1.165, 1.54) is 5.56 Å². The Morgan fingerprint density at radius 3 is 2.88 bits per heavy atom. The molecule has 0 saturated heterocycles. The zero-order chi connectivity index (χ0) is 11.4. The molecule has 16 heavy (non-hydrogen) atoms. The van der Waals surface area contributed by atoms with Crippen LogP contribution in [0.4, 0.5) is 0 Å². The largest absolute Gasteiger partial charge is 0.386 e. The lowest BCUT2D eigenvalue weighted by Crippen LogP contribution is -2.19. The van der Waals surface area contributed by atoms with E-state index in [0.29, 0.717) is 13.2 Å². The lowest BCUT2D eigenvalue weighted by molar-refractivity contribution is -0.0326. The molecule has 1 aliphatic carbocycles. The Morgan fingerprint density at radius 1 is 1.31 bits per heavy atom. The van der Waals surface area contributed by atoms with Crippen molar-refractivity contribution in [3.63, 3.8) is 0 Å². The monoisotopic (exact) mass is 222 g/mol. The maximum Gasteiger partial charge on any atom is 0.106 e. The first-order valence-corrected chi connectivity index (χ1v) is 5.69. The van der Waals surface area contributed by atoms with Crippen LogP contribution in [0.15, 0.2) is 24.3 Å². The van der Waals surface area contributed by atoms with Crippen LogP contribution in [-0.2, 0) is 15.9 Å². The van der Waals surface area contributed by atoms with Gasteiger partial charge in [0.15, 0.2) is 0 Å². The topological polar surface area (TPSA) is 38.7 Å². The van der Waals surface area contributed by atoms with Gasteiger partial charge in [-0.3, -0.25) is 0 Å². The smallest absolute Gasteiger partial charge is 0.106 e. The van der Waals surface area contributed by atoms with Crippen LogP contribution in [0.1, 0.15) is 23.7 Å². The average molecular weight is 222 g/mol. The average Bonchev–Trinajstić information content (AvgIpc) is 2.63. The zero-order valence-corrected chi connectivity index (χ0v) is 9.56.